The standard InChI is InChI=1S/C22H26N4O2/c1-4-14-5-6-20-18(8-14)19(7-13(2)24-20)22(28)25-21(15-9-17(27)10-15)16-11-23-26(3)12-16/h5-8,11-12,15,17,21,27H,4,9-10H2,1-3H3,(H,25,28)/t15?,17?,21-/m1/s1. The Kier molecular flexibility index (Phi) is 4.89. The number of rotatable bonds is 5. The molecule has 0 spiro atoms. The molecule has 1 atom stereocenters. The zero-order valence-electron chi connectivity index (χ0n) is 16.5. The Labute approximate surface area is 164 Å². The summed E-state index contributed by atoms with van der Waals surface area (Å²) in [5.41, 5.74) is 4.44. The Morgan fingerprint density at radius 1 is 1.36 bits per heavy atom. The van der Waals surface area contributed by atoms with Crippen LogP contribution in [-0.4, -0.2) is 31.9 Å². The number of hydrogen-bond donors (Lipinski definition) is 2. The number of carbonyl (C=O) groups is 1. The molecule has 0 aliphatic heterocycles. The molecule has 1 amide bonds. The third kappa shape index (κ3) is 3.52. The molecule has 146 valence electrons. The number of amides is 1. The van der Waals surface area contributed by atoms with E-state index in [1.165, 1.54) is 5.56 Å². The number of pyridine rings is 1. The van der Waals surface area contributed by atoms with Crippen molar-refractivity contribution in [2.24, 2.45) is 13.0 Å². The van der Waals surface area contributed by atoms with Crippen LogP contribution >= 0.6 is 0 Å². The highest BCUT2D eigenvalue weighted by Crippen LogP contribution is 2.38. The highest BCUT2D eigenvalue weighted by molar-refractivity contribution is 6.06. The van der Waals surface area contributed by atoms with Gasteiger partial charge < -0.3 is 10.4 Å². The van der Waals surface area contributed by atoms with Crippen LogP contribution < -0.4 is 5.32 Å². The van der Waals surface area contributed by atoms with Gasteiger partial charge in [-0.2, -0.15) is 5.10 Å². The first-order valence-electron chi connectivity index (χ1n) is 9.82. The van der Waals surface area contributed by atoms with Crippen molar-refractivity contribution in [2.45, 2.75) is 45.3 Å². The second kappa shape index (κ2) is 7.36. The van der Waals surface area contributed by atoms with Gasteiger partial charge in [-0.15, -0.1) is 0 Å². The highest BCUT2D eigenvalue weighted by Gasteiger charge is 2.36. The molecule has 0 unspecified atom stereocenters. The summed E-state index contributed by atoms with van der Waals surface area (Å²) in [5, 5.41) is 18.1. The van der Waals surface area contributed by atoms with Crippen LogP contribution in [0.4, 0.5) is 0 Å². The molecule has 0 saturated heterocycles. The molecule has 1 aliphatic rings. The molecule has 1 aliphatic carbocycles. The number of carbonyl (C=O) groups excluding carboxylic acids is 1. The van der Waals surface area contributed by atoms with Crippen LogP contribution in [0.15, 0.2) is 36.7 Å². The summed E-state index contributed by atoms with van der Waals surface area (Å²) in [4.78, 5) is 17.9. The number of benzene rings is 1. The molecule has 1 fully saturated rings. The Bertz CT molecular complexity index is 1020. The lowest BCUT2D eigenvalue weighted by Crippen LogP contribution is -2.41. The molecule has 4 rings (SSSR count). The molecule has 3 aromatic rings. The number of nitrogens with zero attached hydrogens (tertiary/aromatic N) is 3. The number of fused-ring (bicyclic) bond motifs is 1. The first kappa shape index (κ1) is 18.6. The first-order valence-corrected chi connectivity index (χ1v) is 9.82. The summed E-state index contributed by atoms with van der Waals surface area (Å²) in [6.07, 6.45) is 5.73. The summed E-state index contributed by atoms with van der Waals surface area (Å²) in [5.74, 6) is 0.0996. The molecule has 2 heterocycles. The fraction of sp³-hybridized carbons (Fsp3) is 0.409. The second-order valence-corrected chi connectivity index (χ2v) is 7.80. The molecular formula is C22H26N4O2. The topological polar surface area (TPSA) is 80.0 Å². The molecule has 0 radical (unpaired) electrons. The lowest BCUT2D eigenvalue weighted by Gasteiger charge is -2.37. The third-order valence-corrected chi connectivity index (χ3v) is 5.65. The maximum Gasteiger partial charge on any atom is 0.252 e. The number of hydrogen-bond acceptors (Lipinski definition) is 4. The van der Waals surface area contributed by atoms with Gasteiger partial charge in [0.1, 0.15) is 0 Å². The van der Waals surface area contributed by atoms with Gasteiger partial charge in [-0.3, -0.25) is 14.5 Å². The van der Waals surface area contributed by atoms with Crippen molar-refractivity contribution in [3.8, 4) is 0 Å². The van der Waals surface area contributed by atoms with Crippen molar-refractivity contribution >= 4 is 16.8 Å². The van der Waals surface area contributed by atoms with Crippen LogP contribution in [0, 0.1) is 12.8 Å². The van der Waals surface area contributed by atoms with Crippen LogP contribution in [0.3, 0.4) is 0 Å². The van der Waals surface area contributed by atoms with E-state index in [9.17, 15) is 9.90 Å². The summed E-state index contributed by atoms with van der Waals surface area (Å²) in [7, 11) is 1.87. The van der Waals surface area contributed by atoms with Crippen LogP contribution in [-0.2, 0) is 13.5 Å². The largest absolute Gasteiger partial charge is 0.393 e. The van der Waals surface area contributed by atoms with Crippen molar-refractivity contribution in [2.75, 3.05) is 0 Å². The minimum Gasteiger partial charge on any atom is -0.393 e. The fourth-order valence-electron chi connectivity index (χ4n) is 4.01. The van der Waals surface area contributed by atoms with E-state index in [0.717, 1.165) is 28.6 Å². The quantitative estimate of drug-likeness (QED) is 0.715. The summed E-state index contributed by atoms with van der Waals surface area (Å²) in [6.45, 7) is 4.01. The van der Waals surface area contributed by atoms with Crippen molar-refractivity contribution < 1.29 is 9.90 Å². The number of aliphatic hydroxyl groups is 1. The monoisotopic (exact) mass is 378 g/mol. The molecule has 1 saturated carbocycles. The molecule has 28 heavy (non-hydrogen) atoms. The minimum atomic E-state index is -0.280. The van der Waals surface area contributed by atoms with E-state index in [4.69, 9.17) is 0 Å². The average molecular weight is 378 g/mol. The fourth-order valence-corrected chi connectivity index (χ4v) is 4.01. The summed E-state index contributed by atoms with van der Waals surface area (Å²) >= 11 is 0. The highest BCUT2D eigenvalue weighted by atomic mass is 16.3. The lowest BCUT2D eigenvalue weighted by atomic mass is 9.75. The van der Waals surface area contributed by atoms with E-state index in [2.05, 4.69) is 34.5 Å². The van der Waals surface area contributed by atoms with Crippen molar-refractivity contribution in [3.05, 3.63) is 59.0 Å². The number of nitrogens with one attached hydrogen (secondary N) is 1. The number of aryl methyl sites for hydroxylation is 3. The number of aliphatic hydroxyl groups excluding tert-OH is 1. The normalized spacial score (nSPS) is 20.0. The maximum atomic E-state index is 13.3. The SMILES string of the molecule is CCc1ccc2nc(C)cc(C(=O)N[C@@H](c3cnn(C)c3)C3CC(O)C3)c2c1. The molecule has 6 heteroatoms. The van der Waals surface area contributed by atoms with E-state index in [1.54, 1.807) is 10.9 Å². The molecule has 6 nitrogen and oxygen atoms in total. The van der Waals surface area contributed by atoms with Gasteiger partial charge in [0.15, 0.2) is 0 Å². The van der Waals surface area contributed by atoms with Crippen LogP contribution in [0.2, 0.25) is 0 Å². The van der Waals surface area contributed by atoms with Crippen molar-refractivity contribution in [3.63, 3.8) is 0 Å². The maximum absolute atomic E-state index is 13.3. The third-order valence-electron chi connectivity index (χ3n) is 5.65. The minimum absolute atomic E-state index is 0.112. The Balaban J connectivity index is 1.69. The van der Waals surface area contributed by atoms with Gasteiger partial charge in [-0.05, 0) is 55.9 Å². The number of aromatic nitrogens is 3. The van der Waals surface area contributed by atoms with Gasteiger partial charge in [0, 0.05) is 29.9 Å². The van der Waals surface area contributed by atoms with Crippen molar-refractivity contribution in [1.82, 2.24) is 20.1 Å². The molecule has 1 aromatic carbocycles. The lowest BCUT2D eigenvalue weighted by molar-refractivity contribution is 0.0235. The van der Waals surface area contributed by atoms with E-state index >= 15 is 0 Å². The molecule has 2 N–H and O–H groups in total. The smallest absolute Gasteiger partial charge is 0.252 e. The molecule has 0 bridgehead atoms. The predicted molar refractivity (Wildman–Crippen MR) is 108 cm³/mol. The van der Waals surface area contributed by atoms with Gasteiger partial charge in [-0.25, -0.2) is 0 Å². The zero-order valence-corrected chi connectivity index (χ0v) is 16.5. The van der Waals surface area contributed by atoms with Gasteiger partial charge in [-0.1, -0.05) is 13.0 Å². The van der Waals surface area contributed by atoms with Gasteiger partial charge in [0.2, 0.25) is 0 Å². The van der Waals surface area contributed by atoms with E-state index < -0.39 is 0 Å². The van der Waals surface area contributed by atoms with E-state index in [1.807, 2.05) is 32.3 Å². The van der Waals surface area contributed by atoms with Gasteiger partial charge in [0.25, 0.3) is 5.91 Å². The summed E-state index contributed by atoms with van der Waals surface area (Å²) in [6, 6.07) is 7.79. The van der Waals surface area contributed by atoms with Crippen molar-refractivity contribution in [1.29, 1.82) is 0 Å². The van der Waals surface area contributed by atoms with Crippen LogP contribution in [0.1, 0.15) is 53.0 Å². The van der Waals surface area contributed by atoms with E-state index in [0.29, 0.717) is 18.4 Å². The van der Waals surface area contributed by atoms with Gasteiger partial charge >= 0.3 is 0 Å². The second-order valence-electron chi connectivity index (χ2n) is 7.80. The average Bonchev–Trinajstić information content (AvgIpc) is 3.08. The van der Waals surface area contributed by atoms with Crippen LogP contribution in [0.5, 0.6) is 0 Å². The first-order chi connectivity index (χ1) is 13.4. The Morgan fingerprint density at radius 3 is 2.79 bits per heavy atom. The predicted octanol–water partition coefficient (Wildman–Crippen LogP) is 3.08. The summed E-state index contributed by atoms with van der Waals surface area (Å²) < 4.78 is 1.74. The molecule has 2 aromatic heterocycles. The van der Waals surface area contributed by atoms with E-state index in [-0.39, 0.29) is 24.0 Å². The Morgan fingerprint density at radius 2 is 2.14 bits per heavy atom. The van der Waals surface area contributed by atoms with Crippen LogP contribution in [0.25, 0.3) is 10.9 Å². The molecular weight excluding hydrogens is 352 g/mol. The Hall–Kier alpha value is -2.73. The van der Waals surface area contributed by atoms with Gasteiger partial charge in [0.05, 0.1) is 29.4 Å². The zero-order chi connectivity index (χ0) is 19.8.